The van der Waals surface area contributed by atoms with Crippen molar-refractivity contribution >= 4 is 28.8 Å². The molecule has 2 atom stereocenters. The second-order valence-corrected chi connectivity index (χ2v) is 6.98. The first-order valence-electron chi connectivity index (χ1n) is 6.74. The molecule has 0 bridgehead atoms. The molecule has 0 aromatic carbocycles. The number of amides is 1. The average Bonchev–Trinajstić information content (AvgIpc) is 3.09. The van der Waals surface area contributed by atoms with Gasteiger partial charge in [0.25, 0.3) is 5.91 Å². The van der Waals surface area contributed by atoms with E-state index < -0.39 is 6.10 Å². The van der Waals surface area contributed by atoms with Crippen LogP contribution in [0.1, 0.15) is 23.8 Å². The van der Waals surface area contributed by atoms with Crippen molar-refractivity contribution in [2.45, 2.75) is 19.4 Å². The Kier molecular flexibility index (Phi) is 4.01. The van der Waals surface area contributed by atoms with E-state index in [1.165, 1.54) is 11.3 Å². The van der Waals surface area contributed by atoms with Crippen molar-refractivity contribution in [2.75, 3.05) is 13.1 Å². The molecule has 1 amide bonds. The standard InChI is InChI=1S/C14H15ClN2O3S/c1-8-4-5-17(7-10(8)18)14(19)9-6-11(20-16-9)12-2-3-13(15)21-12/h2-3,6,8,10,18H,4-5,7H2,1H3. The average molecular weight is 327 g/mol. The maximum absolute atomic E-state index is 12.4. The second kappa shape index (κ2) is 5.79. The lowest BCUT2D eigenvalue weighted by Crippen LogP contribution is -2.45. The lowest BCUT2D eigenvalue weighted by molar-refractivity contribution is 0.0243. The van der Waals surface area contributed by atoms with Crippen LogP contribution >= 0.6 is 22.9 Å². The van der Waals surface area contributed by atoms with Gasteiger partial charge in [0, 0.05) is 19.2 Å². The van der Waals surface area contributed by atoms with Crippen LogP contribution < -0.4 is 0 Å². The van der Waals surface area contributed by atoms with E-state index in [9.17, 15) is 9.90 Å². The third kappa shape index (κ3) is 2.97. The number of hydrogen-bond donors (Lipinski definition) is 1. The molecule has 1 aliphatic heterocycles. The number of nitrogens with zero attached hydrogens (tertiary/aromatic N) is 2. The molecule has 0 aliphatic carbocycles. The van der Waals surface area contributed by atoms with Gasteiger partial charge in [0.1, 0.15) is 0 Å². The Balaban J connectivity index is 1.75. The largest absolute Gasteiger partial charge is 0.391 e. The van der Waals surface area contributed by atoms with E-state index >= 15 is 0 Å². The Bertz CT molecular complexity index is 654. The summed E-state index contributed by atoms with van der Waals surface area (Å²) in [5, 5.41) is 13.7. The van der Waals surface area contributed by atoms with Gasteiger partial charge >= 0.3 is 0 Å². The summed E-state index contributed by atoms with van der Waals surface area (Å²) in [7, 11) is 0. The fraction of sp³-hybridized carbons (Fsp3) is 0.429. The van der Waals surface area contributed by atoms with E-state index in [-0.39, 0.29) is 17.5 Å². The van der Waals surface area contributed by atoms with Crippen LogP contribution in [0.2, 0.25) is 4.34 Å². The molecule has 0 spiro atoms. The molecule has 7 heteroatoms. The Morgan fingerprint density at radius 3 is 3.05 bits per heavy atom. The van der Waals surface area contributed by atoms with Crippen molar-refractivity contribution in [3.05, 3.63) is 28.2 Å². The van der Waals surface area contributed by atoms with Gasteiger partial charge in [0.05, 0.1) is 15.3 Å². The Labute approximate surface area is 131 Å². The molecule has 1 saturated heterocycles. The molecular formula is C14H15ClN2O3S. The molecule has 1 aliphatic rings. The number of carbonyl (C=O) groups excluding carboxylic acids is 1. The van der Waals surface area contributed by atoms with Crippen LogP contribution in [-0.4, -0.2) is 40.3 Å². The normalized spacial score (nSPS) is 22.5. The summed E-state index contributed by atoms with van der Waals surface area (Å²) >= 11 is 7.25. The summed E-state index contributed by atoms with van der Waals surface area (Å²) in [6.07, 6.45) is 0.309. The zero-order valence-electron chi connectivity index (χ0n) is 11.5. The van der Waals surface area contributed by atoms with Crippen LogP contribution in [0.25, 0.3) is 10.6 Å². The summed E-state index contributed by atoms with van der Waals surface area (Å²) in [4.78, 5) is 14.8. The van der Waals surface area contributed by atoms with Crippen molar-refractivity contribution in [2.24, 2.45) is 5.92 Å². The van der Waals surface area contributed by atoms with Crippen LogP contribution in [0, 0.1) is 5.92 Å². The predicted molar refractivity (Wildman–Crippen MR) is 80.5 cm³/mol. The highest BCUT2D eigenvalue weighted by Gasteiger charge is 2.29. The number of aromatic nitrogens is 1. The first kappa shape index (κ1) is 14.6. The minimum Gasteiger partial charge on any atom is -0.391 e. The zero-order chi connectivity index (χ0) is 15.0. The van der Waals surface area contributed by atoms with Crippen molar-refractivity contribution < 1.29 is 14.4 Å². The van der Waals surface area contributed by atoms with Crippen LogP contribution in [0.5, 0.6) is 0 Å². The van der Waals surface area contributed by atoms with Crippen LogP contribution in [0.4, 0.5) is 0 Å². The summed E-state index contributed by atoms with van der Waals surface area (Å²) < 4.78 is 5.87. The quantitative estimate of drug-likeness (QED) is 0.921. The third-order valence-electron chi connectivity index (χ3n) is 3.75. The Morgan fingerprint density at radius 1 is 1.57 bits per heavy atom. The molecule has 5 nitrogen and oxygen atoms in total. The van der Waals surface area contributed by atoms with Crippen LogP contribution in [0.3, 0.4) is 0 Å². The van der Waals surface area contributed by atoms with E-state index in [4.69, 9.17) is 16.1 Å². The zero-order valence-corrected chi connectivity index (χ0v) is 13.0. The SMILES string of the molecule is CC1CCN(C(=O)c2cc(-c3ccc(Cl)s3)on2)CC1O. The molecule has 2 aromatic heterocycles. The number of hydrogen-bond acceptors (Lipinski definition) is 5. The first-order chi connectivity index (χ1) is 10.0. The molecule has 2 aromatic rings. The number of rotatable bonds is 2. The lowest BCUT2D eigenvalue weighted by atomic mass is 9.96. The van der Waals surface area contributed by atoms with E-state index in [1.807, 2.05) is 13.0 Å². The number of β-amino-alcohol motifs (C(OH)–C–C–N with tert-alkyl or cyclic N) is 1. The van der Waals surface area contributed by atoms with Gasteiger partial charge in [-0.15, -0.1) is 11.3 Å². The molecule has 1 fully saturated rings. The summed E-state index contributed by atoms with van der Waals surface area (Å²) in [5.74, 6) is 0.537. The molecule has 21 heavy (non-hydrogen) atoms. The smallest absolute Gasteiger partial charge is 0.276 e. The summed E-state index contributed by atoms with van der Waals surface area (Å²) in [6.45, 7) is 2.96. The molecular weight excluding hydrogens is 312 g/mol. The van der Waals surface area contributed by atoms with Gasteiger partial charge in [-0.2, -0.15) is 0 Å². The van der Waals surface area contributed by atoms with Crippen molar-refractivity contribution in [3.63, 3.8) is 0 Å². The molecule has 3 rings (SSSR count). The van der Waals surface area contributed by atoms with Gasteiger partial charge in [-0.3, -0.25) is 4.79 Å². The highest BCUT2D eigenvalue weighted by atomic mass is 35.5. The minimum absolute atomic E-state index is 0.210. The molecule has 2 unspecified atom stereocenters. The van der Waals surface area contributed by atoms with E-state index in [0.717, 1.165) is 11.3 Å². The number of piperidine rings is 1. The third-order valence-corrected chi connectivity index (χ3v) is 5.00. The number of halogens is 1. The van der Waals surface area contributed by atoms with Crippen molar-refractivity contribution in [3.8, 4) is 10.6 Å². The van der Waals surface area contributed by atoms with Gasteiger partial charge in [-0.05, 0) is 24.5 Å². The highest BCUT2D eigenvalue weighted by Crippen LogP contribution is 2.31. The first-order valence-corrected chi connectivity index (χ1v) is 7.94. The monoisotopic (exact) mass is 326 g/mol. The van der Waals surface area contributed by atoms with Gasteiger partial charge in [0.2, 0.25) is 0 Å². The fourth-order valence-electron chi connectivity index (χ4n) is 2.33. The van der Waals surface area contributed by atoms with E-state index in [0.29, 0.717) is 23.2 Å². The number of aliphatic hydroxyl groups is 1. The minimum atomic E-state index is -0.481. The Hall–Kier alpha value is -1.37. The van der Waals surface area contributed by atoms with Gasteiger partial charge in [0.15, 0.2) is 11.5 Å². The topological polar surface area (TPSA) is 66.6 Å². The van der Waals surface area contributed by atoms with Crippen LogP contribution in [0.15, 0.2) is 22.7 Å². The van der Waals surface area contributed by atoms with Crippen molar-refractivity contribution in [1.29, 1.82) is 0 Å². The summed E-state index contributed by atoms with van der Waals surface area (Å²) in [5.41, 5.74) is 0.260. The molecule has 0 saturated carbocycles. The van der Waals surface area contributed by atoms with E-state index in [2.05, 4.69) is 5.16 Å². The molecule has 3 heterocycles. The Morgan fingerprint density at radius 2 is 2.38 bits per heavy atom. The second-order valence-electron chi connectivity index (χ2n) is 5.26. The van der Waals surface area contributed by atoms with Crippen molar-refractivity contribution in [1.82, 2.24) is 10.1 Å². The number of likely N-dealkylation sites (tertiary alicyclic amines) is 1. The maximum atomic E-state index is 12.4. The number of aliphatic hydroxyl groups excluding tert-OH is 1. The van der Waals surface area contributed by atoms with E-state index in [1.54, 1.807) is 17.0 Å². The predicted octanol–water partition coefficient (Wildman–Crippen LogP) is 2.90. The van der Waals surface area contributed by atoms with Gasteiger partial charge < -0.3 is 14.5 Å². The van der Waals surface area contributed by atoms with Gasteiger partial charge in [-0.1, -0.05) is 23.7 Å². The fourth-order valence-corrected chi connectivity index (χ4v) is 3.33. The molecule has 112 valence electrons. The summed E-state index contributed by atoms with van der Waals surface area (Å²) in [6, 6.07) is 5.22. The number of carbonyl (C=O) groups is 1. The maximum Gasteiger partial charge on any atom is 0.276 e. The van der Waals surface area contributed by atoms with Crippen LogP contribution in [-0.2, 0) is 0 Å². The van der Waals surface area contributed by atoms with Gasteiger partial charge in [-0.25, -0.2) is 0 Å². The number of thiophene rings is 1. The lowest BCUT2D eigenvalue weighted by Gasteiger charge is -2.33. The molecule has 0 radical (unpaired) electrons. The highest BCUT2D eigenvalue weighted by molar-refractivity contribution is 7.19. The molecule has 1 N–H and O–H groups in total.